The van der Waals surface area contributed by atoms with Gasteiger partial charge in [0.2, 0.25) is 6.29 Å². The standard InChI is InChI=1S/C13H18O9/c14-3-6(16)5-20-12(18)10-7-1-2-8(21-7)11(10)13(19)22-9(17)4-15/h1-2,6-11,14-17H,3-5H2/t6?,7?,8?,9?,10-,11+/m1/s1. The molecule has 4 unspecified atom stereocenters. The molecule has 1 saturated heterocycles. The molecule has 0 aliphatic carbocycles. The highest BCUT2D eigenvalue weighted by Crippen LogP contribution is 2.40. The molecule has 0 aromatic carbocycles. The molecule has 2 aliphatic rings. The van der Waals surface area contributed by atoms with E-state index < -0.39 is 68.2 Å². The molecule has 1 fully saturated rings. The minimum absolute atomic E-state index is 0.409. The lowest BCUT2D eigenvalue weighted by Crippen LogP contribution is -2.40. The van der Waals surface area contributed by atoms with E-state index in [0.29, 0.717) is 0 Å². The molecule has 4 N–H and O–H groups in total. The summed E-state index contributed by atoms with van der Waals surface area (Å²) in [6.07, 6.45) is -1.00. The molecule has 0 aromatic heterocycles. The fourth-order valence-corrected chi connectivity index (χ4v) is 2.45. The maximum atomic E-state index is 12.1. The van der Waals surface area contributed by atoms with Gasteiger partial charge in [-0.25, -0.2) is 0 Å². The highest BCUT2D eigenvalue weighted by atomic mass is 16.6. The summed E-state index contributed by atoms with van der Waals surface area (Å²) < 4.78 is 14.9. The average Bonchev–Trinajstić information content (AvgIpc) is 3.12. The van der Waals surface area contributed by atoms with Crippen LogP contribution >= 0.6 is 0 Å². The summed E-state index contributed by atoms with van der Waals surface area (Å²) in [7, 11) is 0. The number of carbonyl (C=O) groups excluding carboxylic acids is 2. The Morgan fingerprint density at radius 1 is 1.05 bits per heavy atom. The highest BCUT2D eigenvalue weighted by molar-refractivity contribution is 5.85. The van der Waals surface area contributed by atoms with Gasteiger partial charge in [-0.1, -0.05) is 12.2 Å². The van der Waals surface area contributed by atoms with Crippen LogP contribution in [0.1, 0.15) is 0 Å². The van der Waals surface area contributed by atoms with Crippen molar-refractivity contribution < 1.29 is 44.2 Å². The number of carbonyl (C=O) groups is 2. The van der Waals surface area contributed by atoms with Crippen molar-refractivity contribution in [2.45, 2.75) is 24.6 Å². The second-order valence-corrected chi connectivity index (χ2v) is 5.04. The van der Waals surface area contributed by atoms with Crippen LogP contribution in [0.5, 0.6) is 0 Å². The van der Waals surface area contributed by atoms with Crippen LogP contribution < -0.4 is 0 Å². The van der Waals surface area contributed by atoms with Crippen molar-refractivity contribution in [3.05, 3.63) is 12.2 Å². The van der Waals surface area contributed by atoms with Gasteiger partial charge in [0.25, 0.3) is 0 Å². The summed E-state index contributed by atoms with van der Waals surface area (Å²) in [5.41, 5.74) is 0. The maximum absolute atomic E-state index is 12.1. The molecule has 0 spiro atoms. The molecule has 9 heteroatoms. The zero-order valence-electron chi connectivity index (χ0n) is 11.6. The lowest BCUT2D eigenvalue weighted by atomic mass is 9.83. The van der Waals surface area contributed by atoms with Crippen molar-refractivity contribution >= 4 is 11.9 Å². The van der Waals surface area contributed by atoms with Crippen molar-refractivity contribution in [1.29, 1.82) is 0 Å². The third kappa shape index (κ3) is 3.45. The van der Waals surface area contributed by atoms with Crippen LogP contribution in [0.3, 0.4) is 0 Å². The van der Waals surface area contributed by atoms with E-state index in [-0.39, 0.29) is 0 Å². The predicted octanol–water partition coefficient (Wildman–Crippen LogP) is -2.69. The Balaban J connectivity index is 2.03. The van der Waals surface area contributed by atoms with Gasteiger partial charge in [0.05, 0.1) is 18.8 Å². The van der Waals surface area contributed by atoms with Crippen molar-refractivity contribution in [2.24, 2.45) is 11.8 Å². The van der Waals surface area contributed by atoms with Crippen molar-refractivity contribution in [1.82, 2.24) is 0 Å². The smallest absolute Gasteiger partial charge is 0.315 e. The molecule has 2 rings (SSSR count). The molecule has 0 aromatic rings. The molecule has 9 nitrogen and oxygen atoms in total. The number of hydrogen-bond acceptors (Lipinski definition) is 9. The Morgan fingerprint density at radius 2 is 1.64 bits per heavy atom. The average molecular weight is 318 g/mol. The van der Waals surface area contributed by atoms with Gasteiger partial charge in [-0.15, -0.1) is 0 Å². The summed E-state index contributed by atoms with van der Waals surface area (Å²) in [5.74, 6) is -3.64. The number of esters is 2. The van der Waals surface area contributed by atoms with Crippen molar-refractivity contribution in [3.63, 3.8) is 0 Å². The van der Waals surface area contributed by atoms with Gasteiger partial charge in [0.1, 0.15) is 31.2 Å². The Labute approximate surface area is 125 Å². The predicted molar refractivity (Wildman–Crippen MR) is 68.0 cm³/mol. The molecule has 2 heterocycles. The third-order valence-corrected chi connectivity index (χ3v) is 3.48. The van der Waals surface area contributed by atoms with Crippen molar-refractivity contribution in [2.75, 3.05) is 19.8 Å². The summed E-state index contributed by atoms with van der Waals surface area (Å²) >= 11 is 0. The molecule has 0 saturated carbocycles. The molecule has 2 bridgehead atoms. The van der Waals surface area contributed by atoms with E-state index in [1.165, 1.54) is 0 Å². The van der Waals surface area contributed by atoms with E-state index in [1.54, 1.807) is 12.2 Å². The third-order valence-electron chi connectivity index (χ3n) is 3.48. The fraction of sp³-hybridized carbons (Fsp3) is 0.692. The molecule has 2 aliphatic heterocycles. The number of fused-ring (bicyclic) bond motifs is 2. The Morgan fingerprint density at radius 3 is 2.18 bits per heavy atom. The zero-order valence-corrected chi connectivity index (χ0v) is 11.6. The second kappa shape index (κ2) is 7.16. The number of aliphatic hydroxyl groups is 4. The quantitative estimate of drug-likeness (QED) is 0.224. The first-order chi connectivity index (χ1) is 10.5. The molecular weight excluding hydrogens is 300 g/mol. The molecule has 0 radical (unpaired) electrons. The fourth-order valence-electron chi connectivity index (χ4n) is 2.45. The first-order valence-electron chi connectivity index (χ1n) is 6.76. The zero-order chi connectivity index (χ0) is 16.3. The van der Waals surface area contributed by atoms with E-state index in [9.17, 15) is 14.7 Å². The normalized spacial score (nSPS) is 31.8. The van der Waals surface area contributed by atoms with Gasteiger partial charge in [0.15, 0.2) is 0 Å². The minimum atomic E-state index is -1.68. The van der Waals surface area contributed by atoms with Gasteiger partial charge in [-0.05, 0) is 0 Å². The van der Waals surface area contributed by atoms with Crippen LogP contribution in [-0.2, 0) is 23.8 Å². The van der Waals surface area contributed by atoms with E-state index in [0.717, 1.165) is 0 Å². The second-order valence-electron chi connectivity index (χ2n) is 5.04. The topological polar surface area (TPSA) is 143 Å². The molecular formula is C13H18O9. The van der Waals surface area contributed by atoms with E-state index in [1.807, 2.05) is 0 Å². The van der Waals surface area contributed by atoms with Crippen LogP contribution in [0, 0.1) is 11.8 Å². The lowest BCUT2D eigenvalue weighted by Gasteiger charge is -2.23. The Kier molecular flexibility index (Phi) is 5.48. The van der Waals surface area contributed by atoms with Crippen LogP contribution in [0.4, 0.5) is 0 Å². The van der Waals surface area contributed by atoms with Gasteiger partial charge in [0, 0.05) is 0 Å². The van der Waals surface area contributed by atoms with Crippen LogP contribution in [0.25, 0.3) is 0 Å². The van der Waals surface area contributed by atoms with Crippen molar-refractivity contribution in [3.8, 4) is 0 Å². The first-order valence-corrected chi connectivity index (χ1v) is 6.76. The van der Waals surface area contributed by atoms with E-state index >= 15 is 0 Å². The van der Waals surface area contributed by atoms with Gasteiger partial charge in [-0.3, -0.25) is 9.59 Å². The Bertz CT molecular complexity index is 449. The number of ether oxygens (including phenoxy) is 3. The molecule has 6 atom stereocenters. The lowest BCUT2D eigenvalue weighted by molar-refractivity contribution is -0.183. The minimum Gasteiger partial charge on any atom is -0.463 e. The Hall–Kier alpha value is -1.52. The number of aliphatic hydroxyl groups excluding tert-OH is 4. The summed E-state index contributed by atoms with van der Waals surface area (Å²) in [6, 6.07) is 0. The largest absolute Gasteiger partial charge is 0.463 e. The van der Waals surface area contributed by atoms with E-state index in [4.69, 9.17) is 24.8 Å². The number of rotatable bonds is 7. The molecule has 0 amide bonds. The van der Waals surface area contributed by atoms with E-state index in [2.05, 4.69) is 4.74 Å². The summed E-state index contributed by atoms with van der Waals surface area (Å²) in [6.45, 7) is -1.73. The first kappa shape index (κ1) is 16.8. The van der Waals surface area contributed by atoms with Gasteiger partial charge < -0.3 is 34.6 Å². The molecule has 124 valence electrons. The summed E-state index contributed by atoms with van der Waals surface area (Å²) in [5, 5.41) is 35.7. The molecule has 22 heavy (non-hydrogen) atoms. The van der Waals surface area contributed by atoms with Crippen LogP contribution in [-0.4, -0.2) is 76.8 Å². The van der Waals surface area contributed by atoms with Crippen LogP contribution in [0.15, 0.2) is 12.2 Å². The highest BCUT2D eigenvalue weighted by Gasteiger charge is 2.54. The van der Waals surface area contributed by atoms with Gasteiger partial charge in [-0.2, -0.15) is 0 Å². The number of hydrogen-bond donors (Lipinski definition) is 4. The van der Waals surface area contributed by atoms with Crippen LogP contribution in [0.2, 0.25) is 0 Å². The van der Waals surface area contributed by atoms with Gasteiger partial charge >= 0.3 is 11.9 Å². The monoisotopic (exact) mass is 318 g/mol. The maximum Gasteiger partial charge on any atom is 0.315 e. The SMILES string of the molecule is O=C(OCC(O)CO)[C@@H]1C2C=CC(O2)[C@@H]1C(=O)OC(O)CO. The summed E-state index contributed by atoms with van der Waals surface area (Å²) in [4.78, 5) is 24.1.